The van der Waals surface area contributed by atoms with Gasteiger partial charge in [-0.15, -0.1) is 0 Å². The summed E-state index contributed by atoms with van der Waals surface area (Å²) in [5, 5.41) is 3.94. The summed E-state index contributed by atoms with van der Waals surface area (Å²) in [5.74, 6) is 1.00. The molecule has 0 bridgehead atoms. The summed E-state index contributed by atoms with van der Waals surface area (Å²) in [5.41, 5.74) is 4.45. The molecular weight excluding hydrogens is 384 g/mol. The zero-order valence-electron chi connectivity index (χ0n) is 14.3. The second-order valence-corrected chi connectivity index (χ2v) is 6.28. The van der Waals surface area contributed by atoms with Crippen LogP contribution in [-0.4, -0.2) is 25.8 Å². The molecule has 5 nitrogen and oxygen atoms in total. The van der Waals surface area contributed by atoms with Crippen LogP contribution in [0.1, 0.15) is 24.5 Å². The van der Waals surface area contributed by atoms with Crippen LogP contribution < -0.4 is 14.9 Å². The van der Waals surface area contributed by atoms with Crippen molar-refractivity contribution < 1.29 is 14.3 Å². The average molecular weight is 405 g/mol. The minimum atomic E-state index is -0.331. The van der Waals surface area contributed by atoms with Crippen molar-refractivity contribution in [2.24, 2.45) is 5.10 Å². The molecule has 2 rings (SSSR count). The maximum Gasteiger partial charge on any atom is 0.277 e. The smallest absolute Gasteiger partial charge is 0.277 e. The van der Waals surface area contributed by atoms with Gasteiger partial charge >= 0.3 is 0 Å². The van der Waals surface area contributed by atoms with E-state index in [-0.39, 0.29) is 12.5 Å². The van der Waals surface area contributed by atoms with Gasteiger partial charge in [0.1, 0.15) is 11.5 Å². The number of aryl methyl sites for hydroxylation is 1. The SMILES string of the molecule is CCCc1ccc(OCC(=O)NN=Cc2cc(Br)ccc2OC)cc1. The molecule has 25 heavy (non-hydrogen) atoms. The number of nitrogens with one attached hydrogen (secondary N) is 1. The van der Waals surface area contributed by atoms with Gasteiger partial charge in [0.2, 0.25) is 0 Å². The molecule has 0 unspecified atom stereocenters. The van der Waals surface area contributed by atoms with Crippen molar-refractivity contribution in [1.29, 1.82) is 0 Å². The molecule has 0 aliphatic carbocycles. The topological polar surface area (TPSA) is 59.9 Å². The third-order valence-electron chi connectivity index (χ3n) is 3.42. The molecule has 0 fully saturated rings. The van der Waals surface area contributed by atoms with E-state index in [2.05, 4.69) is 33.4 Å². The van der Waals surface area contributed by atoms with Gasteiger partial charge in [0.25, 0.3) is 5.91 Å². The van der Waals surface area contributed by atoms with Gasteiger partial charge in [0, 0.05) is 10.0 Å². The number of rotatable bonds is 8. The van der Waals surface area contributed by atoms with Gasteiger partial charge in [-0.3, -0.25) is 4.79 Å². The summed E-state index contributed by atoms with van der Waals surface area (Å²) in [6.45, 7) is 2.04. The molecule has 0 heterocycles. The Morgan fingerprint density at radius 2 is 2.00 bits per heavy atom. The molecule has 0 aromatic heterocycles. The molecular formula is C19H21BrN2O3. The Kier molecular flexibility index (Phi) is 7.47. The van der Waals surface area contributed by atoms with Crippen molar-refractivity contribution >= 4 is 28.1 Å². The van der Waals surface area contributed by atoms with Crippen LogP contribution in [0.5, 0.6) is 11.5 Å². The highest BCUT2D eigenvalue weighted by molar-refractivity contribution is 9.10. The van der Waals surface area contributed by atoms with Crippen LogP contribution in [0.3, 0.4) is 0 Å². The Labute approximate surface area is 156 Å². The molecule has 1 amide bonds. The second-order valence-electron chi connectivity index (χ2n) is 5.36. The first-order valence-corrected chi connectivity index (χ1v) is 8.79. The van der Waals surface area contributed by atoms with Crippen LogP contribution in [-0.2, 0) is 11.2 Å². The standard InChI is InChI=1S/C19H21BrN2O3/c1-3-4-14-5-8-17(9-6-14)25-13-19(23)22-21-12-15-11-16(20)7-10-18(15)24-2/h5-12H,3-4,13H2,1-2H3,(H,22,23). The number of ether oxygens (including phenoxy) is 2. The van der Waals surface area contributed by atoms with E-state index in [9.17, 15) is 4.79 Å². The number of hydrazone groups is 1. The molecule has 0 saturated heterocycles. The lowest BCUT2D eigenvalue weighted by Crippen LogP contribution is -2.24. The van der Waals surface area contributed by atoms with Crippen LogP contribution >= 0.6 is 15.9 Å². The number of hydrogen-bond acceptors (Lipinski definition) is 4. The molecule has 0 aliphatic rings. The van der Waals surface area contributed by atoms with Gasteiger partial charge in [0.05, 0.1) is 13.3 Å². The Hall–Kier alpha value is -2.34. The van der Waals surface area contributed by atoms with Crippen molar-refractivity contribution in [3.63, 3.8) is 0 Å². The normalized spacial score (nSPS) is 10.7. The summed E-state index contributed by atoms with van der Waals surface area (Å²) in [6, 6.07) is 13.3. The number of amides is 1. The van der Waals surface area contributed by atoms with E-state index < -0.39 is 0 Å². The molecule has 0 saturated carbocycles. The van der Waals surface area contributed by atoms with Crippen LogP contribution in [0.15, 0.2) is 52.0 Å². The van der Waals surface area contributed by atoms with Gasteiger partial charge in [-0.1, -0.05) is 41.4 Å². The van der Waals surface area contributed by atoms with E-state index in [1.165, 1.54) is 11.8 Å². The molecule has 132 valence electrons. The molecule has 2 aromatic rings. The predicted molar refractivity (Wildman–Crippen MR) is 102 cm³/mol. The highest BCUT2D eigenvalue weighted by atomic mass is 79.9. The van der Waals surface area contributed by atoms with Crippen LogP contribution in [0, 0.1) is 0 Å². The Morgan fingerprint density at radius 1 is 1.24 bits per heavy atom. The van der Waals surface area contributed by atoms with E-state index in [0.29, 0.717) is 11.5 Å². The lowest BCUT2D eigenvalue weighted by Gasteiger charge is -2.06. The first kappa shape index (κ1) is 19.0. The molecule has 0 aliphatic heterocycles. The van der Waals surface area contributed by atoms with Crippen LogP contribution in [0.25, 0.3) is 0 Å². The predicted octanol–water partition coefficient (Wildman–Crippen LogP) is 3.94. The highest BCUT2D eigenvalue weighted by Crippen LogP contribution is 2.21. The van der Waals surface area contributed by atoms with Gasteiger partial charge in [-0.2, -0.15) is 5.10 Å². The van der Waals surface area contributed by atoms with Crippen molar-refractivity contribution in [1.82, 2.24) is 5.43 Å². The highest BCUT2D eigenvalue weighted by Gasteiger charge is 2.03. The van der Waals surface area contributed by atoms with Gasteiger partial charge in [-0.25, -0.2) is 5.43 Å². The fourth-order valence-electron chi connectivity index (χ4n) is 2.20. The zero-order valence-corrected chi connectivity index (χ0v) is 15.9. The molecule has 1 N–H and O–H groups in total. The van der Waals surface area contributed by atoms with E-state index >= 15 is 0 Å². The Morgan fingerprint density at radius 3 is 2.68 bits per heavy atom. The minimum Gasteiger partial charge on any atom is -0.496 e. The van der Waals surface area contributed by atoms with E-state index in [0.717, 1.165) is 22.9 Å². The summed E-state index contributed by atoms with van der Waals surface area (Å²) in [6.07, 6.45) is 3.67. The average Bonchev–Trinajstić information content (AvgIpc) is 2.61. The summed E-state index contributed by atoms with van der Waals surface area (Å²) in [7, 11) is 1.58. The van der Waals surface area contributed by atoms with E-state index in [4.69, 9.17) is 9.47 Å². The number of methoxy groups -OCH3 is 1. The first-order valence-electron chi connectivity index (χ1n) is 7.99. The van der Waals surface area contributed by atoms with Crippen molar-refractivity contribution in [2.45, 2.75) is 19.8 Å². The van der Waals surface area contributed by atoms with Crippen molar-refractivity contribution in [3.05, 3.63) is 58.1 Å². The van der Waals surface area contributed by atoms with Crippen molar-refractivity contribution in [3.8, 4) is 11.5 Å². The maximum atomic E-state index is 11.8. The molecule has 0 spiro atoms. The Balaban J connectivity index is 1.83. The summed E-state index contributed by atoms with van der Waals surface area (Å²) in [4.78, 5) is 11.8. The quantitative estimate of drug-likeness (QED) is 0.535. The number of nitrogens with zero attached hydrogens (tertiary/aromatic N) is 1. The molecule has 0 radical (unpaired) electrons. The molecule has 0 atom stereocenters. The lowest BCUT2D eigenvalue weighted by molar-refractivity contribution is -0.123. The number of carbonyl (C=O) groups is 1. The summed E-state index contributed by atoms with van der Waals surface area (Å²) < 4.78 is 11.6. The Bertz CT molecular complexity index is 730. The number of hydrogen-bond donors (Lipinski definition) is 1. The van der Waals surface area contributed by atoms with Gasteiger partial charge < -0.3 is 9.47 Å². The molecule has 2 aromatic carbocycles. The van der Waals surface area contributed by atoms with E-state index in [1.807, 2.05) is 42.5 Å². The fourth-order valence-corrected chi connectivity index (χ4v) is 2.58. The number of halogens is 1. The minimum absolute atomic E-state index is 0.0971. The largest absolute Gasteiger partial charge is 0.496 e. The third-order valence-corrected chi connectivity index (χ3v) is 3.91. The summed E-state index contributed by atoms with van der Waals surface area (Å²) >= 11 is 3.39. The monoisotopic (exact) mass is 404 g/mol. The lowest BCUT2D eigenvalue weighted by atomic mass is 10.1. The van der Waals surface area contributed by atoms with Gasteiger partial charge in [0.15, 0.2) is 6.61 Å². The van der Waals surface area contributed by atoms with Gasteiger partial charge in [-0.05, 0) is 42.3 Å². The number of carbonyl (C=O) groups excluding carboxylic acids is 1. The van der Waals surface area contributed by atoms with Crippen LogP contribution in [0.4, 0.5) is 0 Å². The third kappa shape index (κ3) is 6.23. The maximum absolute atomic E-state index is 11.8. The van der Waals surface area contributed by atoms with Crippen LogP contribution in [0.2, 0.25) is 0 Å². The van der Waals surface area contributed by atoms with Crippen molar-refractivity contribution in [2.75, 3.05) is 13.7 Å². The second kappa shape index (κ2) is 9.84. The zero-order chi connectivity index (χ0) is 18.1. The van der Waals surface area contributed by atoms with E-state index in [1.54, 1.807) is 7.11 Å². The number of benzene rings is 2. The fraction of sp³-hybridized carbons (Fsp3) is 0.263. The first-order chi connectivity index (χ1) is 12.1. The molecule has 6 heteroatoms.